The fraction of sp³-hybridized carbons (Fsp3) is 0.273. The Morgan fingerprint density at radius 2 is 1.78 bits per heavy atom. The number of nitrogens with one attached hydrogen (secondary N) is 1. The van der Waals surface area contributed by atoms with Crippen LogP contribution in [0.15, 0.2) is 54.6 Å². The van der Waals surface area contributed by atoms with Gasteiger partial charge in [0.05, 0.1) is 17.8 Å². The first-order valence-corrected chi connectivity index (χ1v) is 9.08. The predicted octanol–water partition coefficient (Wildman–Crippen LogP) is 4.09. The lowest BCUT2D eigenvalue weighted by atomic mass is 10.0. The number of aromatic nitrogens is 2. The predicted molar refractivity (Wildman–Crippen MR) is 105 cm³/mol. The van der Waals surface area contributed by atoms with Gasteiger partial charge in [0.1, 0.15) is 5.82 Å². The minimum absolute atomic E-state index is 0.0253. The number of carbonyl (C=O) groups excluding carboxylic acids is 1. The molecule has 2 aromatic carbocycles. The number of aryl methyl sites for hydroxylation is 1. The maximum atomic E-state index is 13.1. The molecule has 0 fully saturated rings. The molecule has 0 spiro atoms. The Hall–Kier alpha value is -2.95. The number of nitrogens with zero attached hydrogens (tertiary/aromatic N) is 2. The number of amides is 1. The zero-order chi connectivity index (χ0) is 19.4. The highest BCUT2D eigenvalue weighted by molar-refractivity contribution is 5.79. The Labute approximate surface area is 159 Å². The highest BCUT2D eigenvalue weighted by atomic mass is 19.1. The van der Waals surface area contributed by atoms with E-state index in [4.69, 9.17) is 0 Å². The zero-order valence-electron chi connectivity index (χ0n) is 15.9. The summed E-state index contributed by atoms with van der Waals surface area (Å²) in [6, 6.07) is 16.3. The Bertz CT molecular complexity index is 917. The van der Waals surface area contributed by atoms with Gasteiger partial charge in [-0.3, -0.25) is 4.79 Å². The lowest BCUT2D eigenvalue weighted by Gasteiger charge is -2.13. The molecule has 0 aliphatic carbocycles. The first-order valence-electron chi connectivity index (χ1n) is 9.08. The van der Waals surface area contributed by atoms with Crippen molar-refractivity contribution in [2.24, 2.45) is 0 Å². The van der Waals surface area contributed by atoms with Crippen molar-refractivity contribution in [2.75, 3.05) is 6.54 Å². The van der Waals surface area contributed by atoms with Crippen molar-refractivity contribution in [2.45, 2.75) is 33.1 Å². The topological polar surface area (TPSA) is 46.9 Å². The summed E-state index contributed by atoms with van der Waals surface area (Å²) < 4.78 is 14.9. The van der Waals surface area contributed by atoms with E-state index in [1.54, 1.807) is 16.8 Å². The standard InChI is InChI=1S/C22H24FN3O/c1-15(18-7-5-4-6-8-18)14-24-22(27)13-21-16(2)25-26(17(21)3)20-11-9-19(23)10-12-20/h4-12,15H,13-14H2,1-3H3,(H,24,27). The maximum Gasteiger partial charge on any atom is 0.224 e. The molecule has 0 aliphatic heterocycles. The quantitative estimate of drug-likeness (QED) is 0.715. The second-order valence-electron chi connectivity index (χ2n) is 6.83. The van der Waals surface area contributed by atoms with Gasteiger partial charge in [-0.25, -0.2) is 9.07 Å². The Morgan fingerprint density at radius 1 is 1.11 bits per heavy atom. The molecule has 1 heterocycles. The molecule has 1 unspecified atom stereocenters. The average molecular weight is 365 g/mol. The Morgan fingerprint density at radius 3 is 2.44 bits per heavy atom. The van der Waals surface area contributed by atoms with Crippen LogP contribution in [0.5, 0.6) is 0 Å². The van der Waals surface area contributed by atoms with E-state index in [1.165, 1.54) is 17.7 Å². The van der Waals surface area contributed by atoms with Crippen molar-refractivity contribution in [1.82, 2.24) is 15.1 Å². The Kier molecular flexibility index (Phi) is 5.69. The summed E-state index contributed by atoms with van der Waals surface area (Å²) in [5.41, 5.74) is 4.59. The van der Waals surface area contributed by atoms with E-state index in [0.29, 0.717) is 6.54 Å². The van der Waals surface area contributed by atoms with E-state index < -0.39 is 0 Å². The summed E-state index contributed by atoms with van der Waals surface area (Å²) in [5.74, 6) is -0.0608. The lowest BCUT2D eigenvalue weighted by molar-refractivity contribution is -0.120. The van der Waals surface area contributed by atoms with Crippen LogP contribution < -0.4 is 5.32 Å². The molecule has 1 aromatic heterocycles. The third-order valence-electron chi connectivity index (χ3n) is 4.82. The number of benzene rings is 2. The zero-order valence-corrected chi connectivity index (χ0v) is 15.9. The number of halogens is 1. The summed E-state index contributed by atoms with van der Waals surface area (Å²) >= 11 is 0. The van der Waals surface area contributed by atoms with Gasteiger partial charge in [0, 0.05) is 17.8 Å². The van der Waals surface area contributed by atoms with Crippen LogP contribution in [0.25, 0.3) is 5.69 Å². The highest BCUT2D eigenvalue weighted by Crippen LogP contribution is 2.19. The van der Waals surface area contributed by atoms with E-state index in [0.717, 1.165) is 22.6 Å². The average Bonchev–Trinajstić information content (AvgIpc) is 2.95. The van der Waals surface area contributed by atoms with Crippen LogP contribution >= 0.6 is 0 Å². The summed E-state index contributed by atoms with van der Waals surface area (Å²) in [6.45, 7) is 6.51. The second-order valence-corrected chi connectivity index (χ2v) is 6.83. The van der Waals surface area contributed by atoms with Gasteiger partial charge in [-0.2, -0.15) is 5.10 Å². The summed E-state index contributed by atoms with van der Waals surface area (Å²) in [7, 11) is 0. The molecule has 0 bridgehead atoms. The van der Waals surface area contributed by atoms with Crippen LogP contribution in [-0.2, 0) is 11.2 Å². The fourth-order valence-corrected chi connectivity index (χ4v) is 3.15. The van der Waals surface area contributed by atoms with Crippen molar-refractivity contribution >= 4 is 5.91 Å². The van der Waals surface area contributed by atoms with Crippen LogP contribution in [0.4, 0.5) is 4.39 Å². The van der Waals surface area contributed by atoms with E-state index in [-0.39, 0.29) is 24.1 Å². The summed E-state index contributed by atoms with van der Waals surface area (Å²) in [5, 5.41) is 7.53. The molecule has 0 aliphatic rings. The van der Waals surface area contributed by atoms with E-state index in [2.05, 4.69) is 29.5 Å². The van der Waals surface area contributed by atoms with Crippen molar-refractivity contribution in [3.63, 3.8) is 0 Å². The SMILES string of the molecule is Cc1nn(-c2ccc(F)cc2)c(C)c1CC(=O)NCC(C)c1ccccc1. The van der Waals surface area contributed by atoms with Crippen molar-refractivity contribution in [3.05, 3.63) is 82.9 Å². The van der Waals surface area contributed by atoms with E-state index in [9.17, 15) is 9.18 Å². The largest absolute Gasteiger partial charge is 0.355 e. The molecule has 4 nitrogen and oxygen atoms in total. The lowest BCUT2D eigenvalue weighted by Crippen LogP contribution is -2.29. The van der Waals surface area contributed by atoms with Gasteiger partial charge in [-0.05, 0) is 49.6 Å². The first kappa shape index (κ1) is 18.8. The second kappa shape index (κ2) is 8.16. The molecule has 140 valence electrons. The molecule has 1 atom stereocenters. The molecular weight excluding hydrogens is 341 g/mol. The normalized spacial score (nSPS) is 12.0. The third kappa shape index (κ3) is 4.42. The molecule has 0 saturated carbocycles. The van der Waals surface area contributed by atoms with Crippen LogP contribution in [0.3, 0.4) is 0 Å². The smallest absolute Gasteiger partial charge is 0.224 e. The molecule has 0 radical (unpaired) electrons. The van der Waals surface area contributed by atoms with Gasteiger partial charge >= 0.3 is 0 Å². The number of hydrogen-bond donors (Lipinski definition) is 1. The van der Waals surface area contributed by atoms with Crippen molar-refractivity contribution in [3.8, 4) is 5.69 Å². The minimum Gasteiger partial charge on any atom is -0.355 e. The van der Waals surface area contributed by atoms with E-state index in [1.807, 2.05) is 32.0 Å². The molecule has 3 aromatic rings. The fourth-order valence-electron chi connectivity index (χ4n) is 3.15. The molecule has 0 saturated heterocycles. The molecular formula is C22H24FN3O. The van der Waals surface area contributed by atoms with Gasteiger partial charge in [-0.15, -0.1) is 0 Å². The van der Waals surface area contributed by atoms with Crippen molar-refractivity contribution < 1.29 is 9.18 Å². The van der Waals surface area contributed by atoms with Gasteiger partial charge < -0.3 is 5.32 Å². The molecule has 1 amide bonds. The van der Waals surface area contributed by atoms with Gasteiger partial charge in [-0.1, -0.05) is 37.3 Å². The van der Waals surface area contributed by atoms with Gasteiger partial charge in [0.2, 0.25) is 5.91 Å². The molecule has 3 rings (SSSR count). The van der Waals surface area contributed by atoms with Crippen LogP contribution in [0.2, 0.25) is 0 Å². The van der Waals surface area contributed by atoms with Crippen LogP contribution in [0.1, 0.15) is 35.4 Å². The summed E-state index contributed by atoms with van der Waals surface area (Å²) in [4.78, 5) is 12.4. The van der Waals surface area contributed by atoms with Crippen LogP contribution in [-0.4, -0.2) is 22.2 Å². The molecule has 5 heteroatoms. The van der Waals surface area contributed by atoms with Crippen molar-refractivity contribution in [1.29, 1.82) is 0 Å². The highest BCUT2D eigenvalue weighted by Gasteiger charge is 2.16. The minimum atomic E-state index is -0.285. The van der Waals surface area contributed by atoms with Gasteiger partial charge in [0.15, 0.2) is 0 Å². The number of hydrogen-bond acceptors (Lipinski definition) is 2. The Balaban J connectivity index is 1.67. The molecule has 1 N–H and O–H groups in total. The van der Waals surface area contributed by atoms with Crippen LogP contribution in [0, 0.1) is 19.7 Å². The first-order chi connectivity index (χ1) is 13.0. The van der Waals surface area contributed by atoms with Gasteiger partial charge in [0.25, 0.3) is 0 Å². The number of rotatable bonds is 6. The monoisotopic (exact) mass is 365 g/mol. The van der Waals surface area contributed by atoms with E-state index >= 15 is 0 Å². The maximum absolute atomic E-state index is 13.1. The summed E-state index contributed by atoms with van der Waals surface area (Å²) in [6.07, 6.45) is 0.278. The molecule has 27 heavy (non-hydrogen) atoms. The third-order valence-corrected chi connectivity index (χ3v) is 4.82. The number of carbonyl (C=O) groups is 1.